The standard InChI is InChI=1S/C18H30N6O2/c1-22(13-17-20-16(21-26-17)7-9-25-4)11-14-6-5-8-23(2)18(14)15-10-19-24(3)12-15/h10,12,14,18H,5-9,11,13H2,1-4H3/t14-,18+/m0/s1. The largest absolute Gasteiger partial charge is 0.384 e. The molecule has 8 heteroatoms. The average molecular weight is 362 g/mol. The number of hydrogen-bond acceptors (Lipinski definition) is 7. The van der Waals surface area contributed by atoms with Crippen molar-refractivity contribution in [3.05, 3.63) is 29.7 Å². The Labute approximate surface area is 155 Å². The van der Waals surface area contributed by atoms with Crippen molar-refractivity contribution in [2.24, 2.45) is 13.0 Å². The maximum Gasteiger partial charge on any atom is 0.240 e. The summed E-state index contributed by atoms with van der Waals surface area (Å²) in [4.78, 5) is 9.18. The molecule has 2 aromatic rings. The van der Waals surface area contributed by atoms with Crippen molar-refractivity contribution < 1.29 is 9.26 Å². The van der Waals surface area contributed by atoms with Crippen LogP contribution >= 0.6 is 0 Å². The zero-order chi connectivity index (χ0) is 18.5. The number of methoxy groups -OCH3 is 1. The lowest BCUT2D eigenvalue weighted by Gasteiger charge is -2.40. The first-order chi connectivity index (χ1) is 12.6. The maximum absolute atomic E-state index is 5.38. The topological polar surface area (TPSA) is 72.5 Å². The normalized spacial score (nSPS) is 21.6. The quantitative estimate of drug-likeness (QED) is 0.705. The highest BCUT2D eigenvalue weighted by Crippen LogP contribution is 2.35. The highest BCUT2D eigenvalue weighted by molar-refractivity contribution is 5.13. The second kappa shape index (κ2) is 8.75. The molecule has 0 aliphatic carbocycles. The van der Waals surface area contributed by atoms with Gasteiger partial charge in [-0.05, 0) is 39.4 Å². The van der Waals surface area contributed by atoms with Gasteiger partial charge in [0.2, 0.25) is 5.89 Å². The minimum absolute atomic E-state index is 0.403. The number of nitrogens with zero attached hydrogens (tertiary/aromatic N) is 6. The number of aryl methyl sites for hydroxylation is 1. The van der Waals surface area contributed by atoms with E-state index in [1.54, 1.807) is 7.11 Å². The molecule has 0 radical (unpaired) electrons. The van der Waals surface area contributed by atoms with E-state index in [2.05, 4.69) is 45.3 Å². The molecule has 0 amide bonds. The van der Waals surface area contributed by atoms with E-state index < -0.39 is 0 Å². The number of piperidine rings is 1. The summed E-state index contributed by atoms with van der Waals surface area (Å²) >= 11 is 0. The third-order valence-corrected chi connectivity index (χ3v) is 5.06. The fourth-order valence-corrected chi connectivity index (χ4v) is 3.92. The lowest BCUT2D eigenvalue weighted by molar-refractivity contribution is 0.0895. The second-order valence-electron chi connectivity index (χ2n) is 7.32. The lowest BCUT2D eigenvalue weighted by atomic mass is 9.86. The monoisotopic (exact) mass is 362 g/mol. The summed E-state index contributed by atoms with van der Waals surface area (Å²) in [6.45, 7) is 3.39. The molecule has 3 rings (SSSR count). The molecule has 26 heavy (non-hydrogen) atoms. The summed E-state index contributed by atoms with van der Waals surface area (Å²) in [5.41, 5.74) is 1.30. The van der Waals surface area contributed by atoms with E-state index in [1.807, 2.05) is 17.9 Å². The van der Waals surface area contributed by atoms with Crippen LogP contribution in [0.2, 0.25) is 0 Å². The molecule has 1 fully saturated rings. The fourth-order valence-electron chi connectivity index (χ4n) is 3.92. The van der Waals surface area contributed by atoms with Gasteiger partial charge in [-0.15, -0.1) is 0 Å². The second-order valence-corrected chi connectivity index (χ2v) is 7.32. The summed E-state index contributed by atoms with van der Waals surface area (Å²) < 4.78 is 12.3. The van der Waals surface area contributed by atoms with Crippen LogP contribution in [-0.4, -0.2) is 70.6 Å². The Bertz CT molecular complexity index is 685. The molecule has 2 aromatic heterocycles. The Balaban J connectivity index is 1.61. The first-order valence-electron chi connectivity index (χ1n) is 9.24. The smallest absolute Gasteiger partial charge is 0.240 e. The Morgan fingerprint density at radius 3 is 2.96 bits per heavy atom. The van der Waals surface area contributed by atoms with Crippen molar-refractivity contribution >= 4 is 0 Å². The molecule has 0 aromatic carbocycles. The minimum Gasteiger partial charge on any atom is -0.384 e. The highest BCUT2D eigenvalue weighted by Gasteiger charge is 2.32. The van der Waals surface area contributed by atoms with Gasteiger partial charge in [-0.25, -0.2) is 0 Å². The van der Waals surface area contributed by atoms with E-state index in [9.17, 15) is 0 Å². The van der Waals surface area contributed by atoms with E-state index in [-0.39, 0.29) is 0 Å². The molecule has 0 N–H and O–H groups in total. The van der Waals surface area contributed by atoms with Crippen molar-refractivity contribution in [3.63, 3.8) is 0 Å². The number of aromatic nitrogens is 4. The molecule has 8 nitrogen and oxygen atoms in total. The third-order valence-electron chi connectivity index (χ3n) is 5.06. The van der Waals surface area contributed by atoms with Gasteiger partial charge < -0.3 is 9.26 Å². The molecule has 0 spiro atoms. The van der Waals surface area contributed by atoms with Crippen molar-refractivity contribution in [1.29, 1.82) is 0 Å². The number of rotatable bonds is 8. The van der Waals surface area contributed by atoms with Gasteiger partial charge in [0.15, 0.2) is 5.82 Å². The maximum atomic E-state index is 5.38. The van der Waals surface area contributed by atoms with Gasteiger partial charge in [-0.1, -0.05) is 5.16 Å². The predicted octanol–water partition coefficient (Wildman–Crippen LogP) is 1.51. The predicted molar refractivity (Wildman–Crippen MR) is 97.5 cm³/mol. The van der Waals surface area contributed by atoms with Crippen molar-refractivity contribution in [3.8, 4) is 0 Å². The first-order valence-corrected chi connectivity index (χ1v) is 9.24. The van der Waals surface area contributed by atoms with E-state index in [0.717, 1.165) is 13.1 Å². The van der Waals surface area contributed by atoms with Gasteiger partial charge in [-0.3, -0.25) is 14.5 Å². The summed E-state index contributed by atoms with van der Waals surface area (Å²) in [5.74, 6) is 1.93. The highest BCUT2D eigenvalue weighted by atomic mass is 16.5. The van der Waals surface area contributed by atoms with Gasteiger partial charge in [-0.2, -0.15) is 10.1 Å². The van der Waals surface area contributed by atoms with Gasteiger partial charge in [0.1, 0.15) is 0 Å². The zero-order valence-electron chi connectivity index (χ0n) is 16.3. The van der Waals surface area contributed by atoms with Crippen LogP contribution in [0.5, 0.6) is 0 Å². The van der Waals surface area contributed by atoms with Crippen molar-refractivity contribution in [2.75, 3.05) is 40.9 Å². The fraction of sp³-hybridized carbons (Fsp3) is 0.722. The minimum atomic E-state index is 0.403. The lowest BCUT2D eigenvalue weighted by Crippen LogP contribution is -2.40. The Morgan fingerprint density at radius 1 is 1.38 bits per heavy atom. The number of ether oxygens (including phenoxy) is 1. The van der Waals surface area contributed by atoms with Gasteiger partial charge in [0.05, 0.1) is 19.3 Å². The van der Waals surface area contributed by atoms with Crippen molar-refractivity contribution in [2.45, 2.75) is 31.8 Å². The molecular weight excluding hydrogens is 332 g/mol. The first kappa shape index (κ1) is 19.0. The summed E-state index contributed by atoms with van der Waals surface area (Å²) in [6.07, 6.45) is 7.27. The molecule has 2 atom stereocenters. The summed E-state index contributed by atoms with van der Waals surface area (Å²) in [6, 6.07) is 0.403. The third kappa shape index (κ3) is 4.69. The SMILES string of the molecule is COCCc1noc(CN(C)C[C@@H]2CCCN(C)[C@H]2c2cnn(C)c2)n1. The number of hydrogen-bond donors (Lipinski definition) is 0. The van der Waals surface area contributed by atoms with Crippen LogP contribution < -0.4 is 0 Å². The molecule has 0 saturated carbocycles. The Hall–Kier alpha value is -1.77. The molecule has 1 aliphatic heterocycles. The number of likely N-dealkylation sites (tertiary alicyclic amines) is 1. The molecule has 0 bridgehead atoms. The van der Waals surface area contributed by atoms with Crippen LogP contribution in [0.3, 0.4) is 0 Å². The van der Waals surface area contributed by atoms with Crippen LogP contribution in [0, 0.1) is 5.92 Å². The van der Waals surface area contributed by atoms with Crippen LogP contribution in [0.15, 0.2) is 16.9 Å². The van der Waals surface area contributed by atoms with Gasteiger partial charge in [0.25, 0.3) is 0 Å². The van der Waals surface area contributed by atoms with Crippen LogP contribution in [0.4, 0.5) is 0 Å². The van der Waals surface area contributed by atoms with Crippen LogP contribution in [0.1, 0.15) is 36.2 Å². The van der Waals surface area contributed by atoms with Crippen LogP contribution in [0.25, 0.3) is 0 Å². The Morgan fingerprint density at radius 2 is 2.23 bits per heavy atom. The molecule has 3 heterocycles. The Kier molecular flexibility index (Phi) is 6.39. The zero-order valence-corrected chi connectivity index (χ0v) is 16.3. The van der Waals surface area contributed by atoms with Crippen LogP contribution in [-0.2, 0) is 24.8 Å². The van der Waals surface area contributed by atoms with Crippen molar-refractivity contribution in [1.82, 2.24) is 29.7 Å². The van der Waals surface area contributed by atoms with E-state index in [4.69, 9.17) is 9.26 Å². The molecule has 1 saturated heterocycles. The molecule has 0 unspecified atom stereocenters. The molecule has 1 aliphatic rings. The van der Waals surface area contributed by atoms with E-state index in [1.165, 1.54) is 18.4 Å². The molecular formula is C18H30N6O2. The summed E-state index contributed by atoms with van der Waals surface area (Å²) in [7, 11) is 7.98. The van der Waals surface area contributed by atoms with E-state index >= 15 is 0 Å². The van der Waals surface area contributed by atoms with Gasteiger partial charge >= 0.3 is 0 Å². The average Bonchev–Trinajstić information content (AvgIpc) is 3.22. The summed E-state index contributed by atoms with van der Waals surface area (Å²) in [5, 5.41) is 8.39. The van der Waals surface area contributed by atoms with Gasteiger partial charge in [0, 0.05) is 44.9 Å². The van der Waals surface area contributed by atoms with E-state index in [0.29, 0.717) is 43.2 Å². The molecule has 144 valence electrons.